The minimum Gasteiger partial charge on any atom is -0.314 e. The van der Waals surface area contributed by atoms with E-state index in [2.05, 4.69) is 23.2 Å². The van der Waals surface area contributed by atoms with E-state index < -0.39 is 0 Å². The fourth-order valence-corrected chi connectivity index (χ4v) is 1.51. The lowest BCUT2D eigenvalue weighted by Crippen LogP contribution is -2.49. The highest BCUT2D eigenvalue weighted by Gasteiger charge is 2.20. The third-order valence-corrected chi connectivity index (χ3v) is 2.65. The van der Waals surface area contributed by atoms with E-state index in [-0.39, 0.29) is 5.92 Å². The molecule has 1 unspecified atom stereocenters. The monoisotopic (exact) mass is 167 g/mol. The van der Waals surface area contributed by atoms with Gasteiger partial charge in [0.1, 0.15) is 0 Å². The molecule has 0 spiro atoms. The highest BCUT2D eigenvalue weighted by molar-refractivity contribution is 4.89. The first-order valence-corrected chi connectivity index (χ1v) is 4.60. The summed E-state index contributed by atoms with van der Waals surface area (Å²) in [7, 11) is 0. The zero-order valence-electron chi connectivity index (χ0n) is 7.88. The lowest BCUT2D eigenvalue weighted by atomic mass is 10.0. The SMILES string of the molecule is CC([C@H](C)C#N)N1CCNCC1. The zero-order chi connectivity index (χ0) is 8.97. The first kappa shape index (κ1) is 9.50. The Morgan fingerprint density at radius 3 is 2.42 bits per heavy atom. The van der Waals surface area contributed by atoms with Gasteiger partial charge in [0.05, 0.1) is 12.0 Å². The van der Waals surface area contributed by atoms with Crippen molar-refractivity contribution in [2.45, 2.75) is 19.9 Å². The Morgan fingerprint density at radius 2 is 1.92 bits per heavy atom. The summed E-state index contributed by atoms with van der Waals surface area (Å²) in [5.41, 5.74) is 0. The second-order valence-corrected chi connectivity index (χ2v) is 3.44. The molecular formula is C9H17N3. The van der Waals surface area contributed by atoms with Crippen LogP contribution in [0.4, 0.5) is 0 Å². The van der Waals surface area contributed by atoms with Crippen LogP contribution in [0.5, 0.6) is 0 Å². The van der Waals surface area contributed by atoms with Gasteiger partial charge in [-0.15, -0.1) is 0 Å². The quantitative estimate of drug-likeness (QED) is 0.648. The van der Waals surface area contributed by atoms with Crippen LogP contribution in [0.15, 0.2) is 0 Å². The first-order chi connectivity index (χ1) is 5.75. The summed E-state index contributed by atoms with van der Waals surface area (Å²) >= 11 is 0. The van der Waals surface area contributed by atoms with E-state index in [1.54, 1.807) is 0 Å². The van der Waals surface area contributed by atoms with E-state index in [4.69, 9.17) is 5.26 Å². The highest BCUT2D eigenvalue weighted by atomic mass is 15.2. The molecule has 0 aromatic heterocycles. The summed E-state index contributed by atoms with van der Waals surface area (Å²) in [6, 6.07) is 2.70. The fraction of sp³-hybridized carbons (Fsp3) is 0.889. The fourth-order valence-electron chi connectivity index (χ4n) is 1.51. The highest BCUT2D eigenvalue weighted by Crippen LogP contribution is 2.10. The van der Waals surface area contributed by atoms with Crippen molar-refractivity contribution in [1.82, 2.24) is 10.2 Å². The molecule has 1 aliphatic rings. The van der Waals surface area contributed by atoms with Crippen LogP contribution in [0.3, 0.4) is 0 Å². The molecule has 3 heteroatoms. The average Bonchev–Trinajstić information content (AvgIpc) is 2.17. The molecule has 0 amide bonds. The summed E-state index contributed by atoms with van der Waals surface area (Å²) in [5, 5.41) is 12.0. The standard InChI is InChI=1S/C9H17N3/c1-8(7-10)9(2)12-5-3-11-4-6-12/h8-9,11H,3-6H2,1-2H3/t8-,9?/m1/s1. The van der Waals surface area contributed by atoms with Gasteiger partial charge in [-0.3, -0.25) is 4.90 Å². The van der Waals surface area contributed by atoms with Gasteiger partial charge >= 0.3 is 0 Å². The van der Waals surface area contributed by atoms with E-state index >= 15 is 0 Å². The van der Waals surface area contributed by atoms with Gasteiger partial charge < -0.3 is 5.32 Å². The van der Waals surface area contributed by atoms with Crippen LogP contribution in [0.1, 0.15) is 13.8 Å². The van der Waals surface area contributed by atoms with Gasteiger partial charge in [0, 0.05) is 32.2 Å². The van der Waals surface area contributed by atoms with E-state index in [9.17, 15) is 0 Å². The number of nitriles is 1. The summed E-state index contributed by atoms with van der Waals surface area (Å²) in [5.74, 6) is 0.142. The van der Waals surface area contributed by atoms with Crippen LogP contribution in [0, 0.1) is 17.2 Å². The molecule has 0 radical (unpaired) electrons. The average molecular weight is 167 g/mol. The van der Waals surface area contributed by atoms with Crippen LogP contribution in [0.2, 0.25) is 0 Å². The maximum atomic E-state index is 8.74. The number of hydrogen-bond acceptors (Lipinski definition) is 3. The molecule has 1 N–H and O–H groups in total. The van der Waals surface area contributed by atoms with Crippen LogP contribution in [0.25, 0.3) is 0 Å². The van der Waals surface area contributed by atoms with Crippen LogP contribution in [-0.2, 0) is 0 Å². The predicted molar refractivity (Wildman–Crippen MR) is 48.7 cm³/mol. The Morgan fingerprint density at radius 1 is 1.33 bits per heavy atom. The second-order valence-electron chi connectivity index (χ2n) is 3.44. The summed E-state index contributed by atoms with van der Waals surface area (Å²) in [6.07, 6.45) is 0. The zero-order valence-corrected chi connectivity index (χ0v) is 7.88. The van der Waals surface area contributed by atoms with Gasteiger partial charge in [-0.1, -0.05) is 0 Å². The van der Waals surface area contributed by atoms with Crippen LogP contribution < -0.4 is 5.32 Å². The second kappa shape index (κ2) is 4.44. The molecular weight excluding hydrogens is 150 g/mol. The Balaban J connectivity index is 2.40. The van der Waals surface area contributed by atoms with Crippen molar-refractivity contribution >= 4 is 0 Å². The van der Waals surface area contributed by atoms with Gasteiger partial charge in [-0.25, -0.2) is 0 Å². The number of rotatable bonds is 2. The lowest BCUT2D eigenvalue weighted by molar-refractivity contribution is 0.160. The van der Waals surface area contributed by atoms with E-state index in [0.29, 0.717) is 6.04 Å². The third-order valence-electron chi connectivity index (χ3n) is 2.65. The molecule has 12 heavy (non-hydrogen) atoms. The first-order valence-electron chi connectivity index (χ1n) is 4.60. The van der Waals surface area contributed by atoms with E-state index in [1.807, 2.05) is 6.92 Å². The Kier molecular flexibility index (Phi) is 3.51. The lowest BCUT2D eigenvalue weighted by Gasteiger charge is -2.33. The van der Waals surface area contributed by atoms with E-state index in [1.165, 1.54) is 0 Å². The summed E-state index contributed by atoms with van der Waals surface area (Å²) in [6.45, 7) is 8.40. The molecule has 0 bridgehead atoms. The van der Waals surface area contributed by atoms with Crippen LogP contribution in [-0.4, -0.2) is 37.1 Å². The molecule has 1 heterocycles. The van der Waals surface area contributed by atoms with Crippen molar-refractivity contribution in [3.05, 3.63) is 0 Å². The molecule has 1 aliphatic heterocycles. The number of nitrogens with zero attached hydrogens (tertiary/aromatic N) is 2. The van der Waals surface area contributed by atoms with Gasteiger partial charge in [0.2, 0.25) is 0 Å². The molecule has 0 aromatic carbocycles. The van der Waals surface area contributed by atoms with Crippen molar-refractivity contribution in [3.8, 4) is 6.07 Å². The van der Waals surface area contributed by atoms with Gasteiger partial charge in [-0.2, -0.15) is 5.26 Å². The van der Waals surface area contributed by atoms with E-state index in [0.717, 1.165) is 26.2 Å². The Labute approximate surface area is 74.4 Å². The number of nitrogens with one attached hydrogen (secondary N) is 1. The molecule has 68 valence electrons. The number of hydrogen-bond donors (Lipinski definition) is 1. The molecule has 1 saturated heterocycles. The minimum atomic E-state index is 0.142. The molecule has 0 aromatic rings. The van der Waals surface area contributed by atoms with Crippen molar-refractivity contribution in [3.63, 3.8) is 0 Å². The Bertz CT molecular complexity index is 167. The maximum absolute atomic E-state index is 8.74. The topological polar surface area (TPSA) is 39.1 Å². The van der Waals surface area contributed by atoms with Gasteiger partial charge in [-0.05, 0) is 13.8 Å². The molecule has 1 fully saturated rings. The third kappa shape index (κ3) is 2.20. The molecule has 2 atom stereocenters. The van der Waals surface area contributed by atoms with Crippen molar-refractivity contribution in [1.29, 1.82) is 5.26 Å². The molecule has 0 aliphatic carbocycles. The normalized spacial score (nSPS) is 24.4. The van der Waals surface area contributed by atoms with Crippen molar-refractivity contribution < 1.29 is 0 Å². The number of piperazine rings is 1. The van der Waals surface area contributed by atoms with Crippen LogP contribution >= 0.6 is 0 Å². The smallest absolute Gasteiger partial charge is 0.0669 e. The predicted octanol–water partition coefficient (Wildman–Crippen LogP) is 0.440. The summed E-state index contributed by atoms with van der Waals surface area (Å²) in [4.78, 5) is 2.38. The molecule has 1 rings (SSSR count). The largest absolute Gasteiger partial charge is 0.314 e. The van der Waals surface area contributed by atoms with Crippen molar-refractivity contribution in [2.75, 3.05) is 26.2 Å². The Hall–Kier alpha value is -0.590. The molecule has 3 nitrogen and oxygen atoms in total. The van der Waals surface area contributed by atoms with Gasteiger partial charge in [0.15, 0.2) is 0 Å². The minimum absolute atomic E-state index is 0.142. The summed E-state index contributed by atoms with van der Waals surface area (Å²) < 4.78 is 0. The molecule has 0 saturated carbocycles. The maximum Gasteiger partial charge on any atom is 0.0669 e. The van der Waals surface area contributed by atoms with Gasteiger partial charge in [0.25, 0.3) is 0 Å². The van der Waals surface area contributed by atoms with Crippen molar-refractivity contribution in [2.24, 2.45) is 5.92 Å².